The summed E-state index contributed by atoms with van der Waals surface area (Å²) >= 11 is 3.08. The zero-order valence-corrected chi connectivity index (χ0v) is 10.1. The number of carbonyl (C=O) groups is 2. The van der Waals surface area contributed by atoms with Crippen molar-refractivity contribution in [3.05, 3.63) is 28.8 Å². The molecule has 3 nitrogen and oxygen atoms in total. The minimum absolute atomic E-state index is 0.155. The molecule has 1 aromatic rings. The largest absolute Gasteiger partial charge is 0.496 e. The van der Waals surface area contributed by atoms with Gasteiger partial charge in [0.05, 0.1) is 18.0 Å². The Labute approximate surface area is 96.6 Å². The van der Waals surface area contributed by atoms with Gasteiger partial charge < -0.3 is 4.74 Å². The van der Waals surface area contributed by atoms with Crippen molar-refractivity contribution in [2.75, 3.05) is 12.4 Å². The van der Waals surface area contributed by atoms with Crippen LogP contribution in [0, 0.1) is 6.92 Å². The molecule has 0 aromatic heterocycles. The van der Waals surface area contributed by atoms with Crippen LogP contribution in [0.15, 0.2) is 12.1 Å². The monoisotopic (exact) mass is 270 g/mol. The van der Waals surface area contributed by atoms with Gasteiger partial charge in [0.15, 0.2) is 12.1 Å². The third-order valence-electron chi connectivity index (χ3n) is 2.16. The highest BCUT2D eigenvalue weighted by atomic mass is 79.9. The lowest BCUT2D eigenvalue weighted by Gasteiger charge is -2.10. The number of alkyl halides is 1. The van der Waals surface area contributed by atoms with E-state index in [0.717, 1.165) is 5.56 Å². The molecule has 15 heavy (non-hydrogen) atoms. The highest BCUT2D eigenvalue weighted by Crippen LogP contribution is 2.25. The second kappa shape index (κ2) is 5.07. The number of aryl methyl sites for hydroxylation is 1. The van der Waals surface area contributed by atoms with Crippen LogP contribution in [0.25, 0.3) is 0 Å². The summed E-state index contributed by atoms with van der Waals surface area (Å²) in [5.74, 6) is 0.282. The van der Waals surface area contributed by atoms with Gasteiger partial charge in [0, 0.05) is 5.56 Å². The average molecular weight is 271 g/mol. The van der Waals surface area contributed by atoms with Gasteiger partial charge in [-0.15, -0.1) is 0 Å². The van der Waals surface area contributed by atoms with Crippen molar-refractivity contribution < 1.29 is 14.3 Å². The highest BCUT2D eigenvalue weighted by Gasteiger charge is 2.17. The van der Waals surface area contributed by atoms with Gasteiger partial charge in [0.2, 0.25) is 0 Å². The fourth-order valence-electron chi connectivity index (χ4n) is 1.38. The van der Waals surface area contributed by atoms with Crippen LogP contribution in [0.4, 0.5) is 0 Å². The van der Waals surface area contributed by atoms with Gasteiger partial charge in [0.25, 0.3) is 0 Å². The van der Waals surface area contributed by atoms with Crippen LogP contribution in [0.5, 0.6) is 5.75 Å². The number of ketones is 1. The van der Waals surface area contributed by atoms with E-state index in [4.69, 9.17) is 4.74 Å². The summed E-state index contributed by atoms with van der Waals surface area (Å²) in [5.41, 5.74) is 1.53. The van der Waals surface area contributed by atoms with E-state index in [1.165, 1.54) is 7.11 Å². The van der Waals surface area contributed by atoms with E-state index >= 15 is 0 Å². The number of hydrogen-bond donors (Lipinski definition) is 0. The number of ether oxygens (including phenoxy) is 1. The molecule has 0 saturated heterocycles. The molecule has 1 aromatic carbocycles. The van der Waals surface area contributed by atoms with Crippen molar-refractivity contribution in [2.24, 2.45) is 0 Å². The van der Waals surface area contributed by atoms with E-state index in [1.54, 1.807) is 19.1 Å². The number of carbonyl (C=O) groups excluding carboxylic acids is 2. The second-order valence-electron chi connectivity index (χ2n) is 3.05. The predicted octanol–water partition coefficient (Wildman–Crippen LogP) is 2.39. The maximum absolute atomic E-state index is 11.6. The number of methoxy groups -OCH3 is 1. The lowest BCUT2D eigenvalue weighted by atomic mass is 9.99. The zero-order valence-electron chi connectivity index (χ0n) is 8.54. The molecule has 0 atom stereocenters. The maximum atomic E-state index is 11.6. The number of aldehydes is 1. The first-order chi connectivity index (χ1) is 7.15. The average Bonchev–Trinajstić information content (AvgIpc) is 2.27. The molecule has 0 aliphatic rings. The van der Waals surface area contributed by atoms with Gasteiger partial charge in [-0.3, -0.25) is 9.59 Å². The quantitative estimate of drug-likeness (QED) is 0.479. The number of rotatable bonds is 4. The Hall–Kier alpha value is -1.16. The fraction of sp³-hybridized carbons (Fsp3) is 0.273. The zero-order chi connectivity index (χ0) is 11.4. The molecule has 0 fully saturated rings. The SMILES string of the molecule is COc1ccc(C)c(C=O)c1C(=O)CBr. The van der Waals surface area contributed by atoms with Gasteiger partial charge >= 0.3 is 0 Å². The van der Waals surface area contributed by atoms with Crippen LogP contribution in [0.2, 0.25) is 0 Å². The first kappa shape index (κ1) is 11.9. The van der Waals surface area contributed by atoms with Gasteiger partial charge in [-0.1, -0.05) is 22.0 Å². The standard InChI is InChI=1S/C11H11BrO3/c1-7-3-4-10(15-2)11(8(7)6-13)9(14)5-12/h3-4,6H,5H2,1-2H3. The minimum Gasteiger partial charge on any atom is -0.496 e. The third-order valence-corrected chi connectivity index (χ3v) is 2.67. The summed E-state index contributed by atoms with van der Waals surface area (Å²) in [4.78, 5) is 22.6. The summed E-state index contributed by atoms with van der Waals surface area (Å²) < 4.78 is 5.07. The van der Waals surface area contributed by atoms with E-state index in [0.29, 0.717) is 23.2 Å². The third kappa shape index (κ3) is 2.26. The molecule has 0 amide bonds. The molecule has 0 spiro atoms. The first-order valence-corrected chi connectivity index (χ1v) is 5.49. The molecule has 0 N–H and O–H groups in total. The van der Waals surface area contributed by atoms with Crippen molar-refractivity contribution >= 4 is 28.0 Å². The van der Waals surface area contributed by atoms with Crippen LogP contribution in [-0.2, 0) is 0 Å². The van der Waals surface area contributed by atoms with Gasteiger partial charge in [-0.2, -0.15) is 0 Å². The molecule has 0 heterocycles. The lowest BCUT2D eigenvalue weighted by molar-refractivity contribution is 0.101. The Balaban J connectivity index is 3.47. The molecule has 0 bridgehead atoms. The van der Waals surface area contributed by atoms with E-state index < -0.39 is 0 Å². The molecule has 80 valence electrons. The Bertz CT molecular complexity index is 399. The number of halogens is 1. The topological polar surface area (TPSA) is 43.4 Å². The molecular weight excluding hydrogens is 260 g/mol. The van der Waals surface area contributed by atoms with Gasteiger partial charge in [-0.05, 0) is 18.6 Å². The van der Waals surface area contributed by atoms with Crippen molar-refractivity contribution in [1.82, 2.24) is 0 Å². The highest BCUT2D eigenvalue weighted by molar-refractivity contribution is 9.09. The summed E-state index contributed by atoms with van der Waals surface area (Å²) in [7, 11) is 1.48. The molecule has 0 aliphatic heterocycles. The fourth-order valence-corrected chi connectivity index (χ4v) is 1.66. The Morgan fingerprint density at radius 1 is 1.53 bits per heavy atom. The molecule has 4 heteroatoms. The Morgan fingerprint density at radius 2 is 2.20 bits per heavy atom. The van der Waals surface area contributed by atoms with Crippen LogP contribution in [0.3, 0.4) is 0 Å². The summed E-state index contributed by atoms with van der Waals surface area (Å²) in [6.45, 7) is 1.79. The summed E-state index contributed by atoms with van der Waals surface area (Å²) in [6.07, 6.45) is 0.688. The van der Waals surface area contributed by atoms with Crippen LogP contribution < -0.4 is 4.74 Å². The number of benzene rings is 1. The van der Waals surface area contributed by atoms with Crippen molar-refractivity contribution in [1.29, 1.82) is 0 Å². The van der Waals surface area contributed by atoms with Crippen molar-refractivity contribution in [3.63, 3.8) is 0 Å². The Kier molecular flexibility index (Phi) is 4.03. The molecule has 1 rings (SSSR count). The smallest absolute Gasteiger partial charge is 0.177 e. The van der Waals surface area contributed by atoms with Crippen LogP contribution in [0.1, 0.15) is 26.3 Å². The van der Waals surface area contributed by atoms with E-state index in [-0.39, 0.29) is 11.1 Å². The van der Waals surface area contributed by atoms with E-state index in [1.807, 2.05) is 0 Å². The van der Waals surface area contributed by atoms with Crippen LogP contribution >= 0.6 is 15.9 Å². The van der Waals surface area contributed by atoms with Gasteiger partial charge in [-0.25, -0.2) is 0 Å². The van der Waals surface area contributed by atoms with E-state index in [2.05, 4.69) is 15.9 Å². The minimum atomic E-state index is -0.155. The molecule has 0 aliphatic carbocycles. The second-order valence-corrected chi connectivity index (χ2v) is 3.61. The first-order valence-electron chi connectivity index (χ1n) is 4.37. The molecule has 0 unspecified atom stereocenters. The molecule has 0 saturated carbocycles. The van der Waals surface area contributed by atoms with Crippen molar-refractivity contribution in [2.45, 2.75) is 6.92 Å². The number of Topliss-reactive ketones (excluding diaryl/α,β-unsaturated/α-hetero) is 1. The molecular formula is C11H11BrO3. The summed E-state index contributed by atoms with van der Waals surface area (Å²) in [6, 6.07) is 3.45. The maximum Gasteiger partial charge on any atom is 0.177 e. The van der Waals surface area contributed by atoms with Gasteiger partial charge in [0.1, 0.15) is 5.75 Å². The summed E-state index contributed by atoms with van der Waals surface area (Å²) in [5, 5.41) is 0.174. The van der Waals surface area contributed by atoms with Crippen LogP contribution in [-0.4, -0.2) is 24.5 Å². The Morgan fingerprint density at radius 3 is 2.67 bits per heavy atom. The van der Waals surface area contributed by atoms with Crippen molar-refractivity contribution in [3.8, 4) is 5.75 Å². The normalized spacial score (nSPS) is 9.80. The molecule has 0 radical (unpaired) electrons. The predicted molar refractivity (Wildman–Crippen MR) is 61.2 cm³/mol. The lowest BCUT2D eigenvalue weighted by Crippen LogP contribution is -2.08. The number of hydrogen-bond acceptors (Lipinski definition) is 3. The van der Waals surface area contributed by atoms with E-state index in [9.17, 15) is 9.59 Å².